The molecule has 0 fully saturated rings. The topological polar surface area (TPSA) is 107 Å². The highest BCUT2D eigenvalue weighted by Crippen LogP contribution is 2.09. The van der Waals surface area contributed by atoms with Gasteiger partial charge in [-0.25, -0.2) is 9.59 Å². The minimum atomic E-state index is -0.969. The number of carbonyl (C=O) groups excluding carboxylic acids is 1. The maximum atomic E-state index is 11.5. The number of carbonyl (C=O) groups is 2. The largest absolute Gasteiger partial charge is 0.478 e. The summed E-state index contributed by atoms with van der Waals surface area (Å²) in [6.45, 7) is 0.341. The number of rotatable bonds is 5. The van der Waals surface area contributed by atoms with Crippen LogP contribution in [0.4, 0.5) is 10.5 Å². The predicted molar refractivity (Wildman–Crippen MR) is 72.7 cm³/mol. The molecular weight excluding hydrogens is 260 g/mol. The minimum absolute atomic E-state index is 0.254. The van der Waals surface area contributed by atoms with Crippen LogP contribution < -0.4 is 10.6 Å². The lowest BCUT2D eigenvalue weighted by Gasteiger charge is -2.08. The lowest BCUT2D eigenvalue weighted by molar-refractivity contribution is 0.0695. The molecule has 7 nitrogen and oxygen atoms in total. The van der Waals surface area contributed by atoms with Crippen LogP contribution in [0.25, 0.3) is 0 Å². The molecule has 0 unspecified atom stereocenters. The van der Waals surface area contributed by atoms with E-state index in [2.05, 4.69) is 20.8 Å². The van der Waals surface area contributed by atoms with Crippen molar-refractivity contribution >= 4 is 17.7 Å². The number of aromatic amines is 1. The summed E-state index contributed by atoms with van der Waals surface area (Å²) in [6.07, 6.45) is 3.49. The molecule has 2 amide bonds. The second-order valence-electron chi connectivity index (χ2n) is 4.08. The molecule has 4 N–H and O–H groups in total. The van der Waals surface area contributed by atoms with Crippen molar-refractivity contribution in [3.05, 3.63) is 47.8 Å². The van der Waals surface area contributed by atoms with E-state index in [4.69, 9.17) is 5.11 Å². The van der Waals surface area contributed by atoms with Crippen molar-refractivity contribution in [1.82, 2.24) is 15.5 Å². The first-order valence-electron chi connectivity index (χ1n) is 6.01. The van der Waals surface area contributed by atoms with Gasteiger partial charge in [0.25, 0.3) is 0 Å². The Morgan fingerprint density at radius 2 is 2.10 bits per heavy atom. The molecule has 2 aromatic rings. The van der Waals surface area contributed by atoms with Crippen LogP contribution in [-0.4, -0.2) is 33.8 Å². The van der Waals surface area contributed by atoms with Crippen LogP contribution in [0.15, 0.2) is 36.7 Å². The summed E-state index contributed by atoms with van der Waals surface area (Å²) in [5, 5.41) is 20.6. The summed E-state index contributed by atoms with van der Waals surface area (Å²) in [5.41, 5.74) is 1.50. The van der Waals surface area contributed by atoms with Crippen molar-refractivity contribution in [3.63, 3.8) is 0 Å². The highest BCUT2D eigenvalue weighted by Gasteiger charge is 2.09. The number of amides is 2. The Kier molecular flexibility index (Phi) is 4.33. The van der Waals surface area contributed by atoms with Crippen LogP contribution in [-0.2, 0) is 6.42 Å². The summed E-state index contributed by atoms with van der Waals surface area (Å²) in [5.74, 6) is -0.969. The molecule has 20 heavy (non-hydrogen) atoms. The van der Waals surface area contributed by atoms with Gasteiger partial charge in [-0.1, -0.05) is 18.2 Å². The fourth-order valence-corrected chi connectivity index (χ4v) is 1.75. The molecule has 0 aliphatic rings. The van der Waals surface area contributed by atoms with Crippen molar-refractivity contribution in [1.29, 1.82) is 0 Å². The zero-order valence-electron chi connectivity index (χ0n) is 10.6. The summed E-state index contributed by atoms with van der Waals surface area (Å²) in [6, 6.07) is 6.36. The van der Waals surface area contributed by atoms with Crippen molar-refractivity contribution in [2.75, 3.05) is 11.9 Å². The molecule has 2 rings (SSSR count). The SMILES string of the molecule is O=C(NCCc1ccccc1C(=O)O)Nc1cn[nH]c1. The number of urea groups is 1. The Labute approximate surface area is 115 Å². The van der Waals surface area contributed by atoms with Gasteiger partial charge in [0.2, 0.25) is 0 Å². The molecule has 1 aromatic heterocycles. The van der Waals surface area contributed by atoms with Gasteiger partial charge in [-0.15, -0.1) is 0 Å². The number of nitrogens with zero attached hydrogens (tertiary/aromatic N) is 1. The first-order chi connectivity index (χ1) is 9.66. The van der Waals surface area contributed by atoms with Gasteiger partial charge in [-0.05, 0) is 18.1 Å². The fourth-order valence-electron chi connectivity index (χ4n) is 1.75. The van der Waals surface area contributed by atoms with Gasteiger partial charge in [-0.3, -0.25) is 5.10 Å². The third-order valence-corrected chi connectivity index (χ3v) is 2.68. The smallest absolute Gasteiger partial charge is 0.335 e. The molecule has 0 spiro atoms. The summed E-state index contributed by atoms with van der Waals surface area (Å²) < 4.78 is 0. The number of aromatic carboxylic acids is 1. The zero-order chi connectivity index (χ0) is 14.4. The van der Waals surface area contributed by atoms with Crippen LogP contribution in [0.1, 0.15) is 15.9 Å². The minimum Gasteiger partial charge on any atom is -0.478 e. The van der Waals surface area contributed by atoms with E-state index in [9.17, 15) is 9.59 Å². The highest BCUT2D eigenvalue weighted by atomic mass is 16.4. The summed E-state index contributed by atoms with van der Waals surface area (Å²) in [4.78, 5) is 22.6. The number of benzene rings is 1. The van der Waals surface area contributed by atoms with Gasteiger partial charge in [-0.2, -0.15) is 5.10 Å². The van der Waals surface area contributed by atoms with Crippen LogP contribution in [0, 0.1) is 0 Å². The Bertz CT molecular complexity index is 595. The number of carboxylic acids is 1. The average molecular weight is 274 g/mol. The molecule has 0 aliphatic heterocycles. The molecule has 1 heterocycles. The molecule has 0 bridgehead atoms. The second-order valence-corrected chi connectivity index (χ2v) is 4.08. The molecule has 104 valence electrons. The standard InChI is InChI=1S/C13H14N4O3/c18-12(19)11-4-2-1-3-9(11)5-6-14-13(20)17-10-7-15-16-8-10/h1-4,7-8H,5-6H2,(H,15,16)(H,18,19)(H2,14,17,20). The molecule has 0 aliphatic carbocycles. The van der Waals surface area contributed by atoms with Crippen LogP contribution >= 0.6 is 0 Å². The lowest BCUT2D eigenvalue weighted by Crippen LogP contribution is -2.30. The van der Waals surface area contributed by atoms with Crippen molar-refractivity contribution in [2.24, 2.45) is 0 Å². The van der Waals surface area contributed by atoms with Gasteiger partial charge in [0, 0.05) is 12.7 Å². The van der Waals surface area contributed by atoms with Gasteiger partial charge >= 0.3 is 12.0 Å². The Hall–Kier alpha value is -2.83. The van der Waals surface area contributed by atoms with E-state index in [-0.39, 0.29) is 11.6 Å². The number of nitrogens with one attached hydrogen (secondary N) is 3. The van der Waals surface area contributed by atoms with Crippen LogP contribution in [0.2, 0.25) is 0 Å². The maximum Gasteiger partial charge on any atom is 0.335 e. The van der Waals surface area contributed by atoms with Gasteiger partial charge in [0.15, 0.2) is 0 Å². The first kappa shape index (κ1) is 13.6. The van der Waals surface area contributed by atoms with E-state index in [1.807, 2.05) is 0 Å². The maximum absolute atomic E-state index is 11.5. The summed E-state index contributed by atoms with van der Waals surface area (Å²) in [7, 11) is 0. The monoisotopic (exact) mass is 274 g/mol. The lowest BCUT2D eigenvalue weighted by atomic mass is 10.0. The number of hydrogen-bond acceptors (Lipinski definition) is 3. The van der Waals surface area contributed by atoms with Crippen molar-refractivity contribution in [2.45, 2.75) is 6.42 Å². The molecule has 0 radical (unpaired) electrons. The summed E-state index contributed by atoms with van der Waals surface area (Å²) >= 11 is 0. The molecule has 0 saturated carbocycles. The highest BCUT2D eigenvalue weighted by molar-refractivity contribution is 5.90. The number of anilines is 1. The van der Waals surface area contributed by atoms with E-state index in [0.29, 0.717) is 24.2 Å². The molecule has 0 atom stereocenters. The van der Waals surface area contributed by atoms with Crippen molar-refractivity contribution in [3.8, 4) is 0 Å². The van der Waals surface area contributed by atoms with E-state index < -0.39 is 5.97 Å². The Morgan fingerprint density at radius 1 is 1.30 bits per heavy atom. The second kappa shape index (κ2) is 6.37. The van der Waals surface area contributed by atoms with Gasteiger partial charge in [0.1, 0.15) is 0 Å². The molecular formula is C13H14N4O3. The zero-order valence-corrected chi connectivity index (χ0v) is 10.6. The predicted octanol–water partition coefficient (Wildman–Crippen LogP) is 1.47. The van der Waals surface area contributed by atoms with Crippen LogP contribution in [0.3, 0.4) is 0 Å². The third kappa shape index (κ3) is 3.58. The van der Waals surface area contributed by atoms with E-state index in [1.165, 1.54) is 6.20 Å². The van der Waals surface area contributed by atoms with Gasteiger partial charge < -0.3 is 15.7 Å². The third-order valence-electron chi connectivity index (χ3n) is 2.68. The van der Waals surface area contributed by atoms with E-state index in [1.54, 1.807) is 30.5 Å². The van der Waals surface area contributed by atoms with Crippen LogP contribution in [0.5, 0.6) is 0 Å². The Balaban J connectivity index is 1.84. The first-order valence-corrected chi connectivity index (χ1v) is 6.01. The molecule has 1 aromatic carbocycles. The fraction of sp³-hybridized carbons (Fsp3) is 0.154. The Morgan fingerprint density at radius 3 is 2.80 bits per heavy atom. The van der Waals surface area contributed by atoms with E-state index in [0.717, 1.165) is 0 Å². The molecule has 7 heteroatoms. The average Bonchev–Trinajstić information content (AvgIpc) is 2.92. The number of carboxylic acid groups (broad SMARTS) is 1. The molecule has 0 saturated heterocycles. The number of H-pyrrole nitrogens is 1. The van der Waals surface area contributed by atoms with E-state index >= 15 is 0 Å². The number of hydrogen-bond donors (Lipinski definition) is 4. The quantitative estimate of drug-likeness (QED) is 0.662. The number of aromatic nitrogens is 2. The van der Waals surface area contributed by atoms with Crippen molar-refractivity contribution < 1.29 is 14.7 Å². The normalized spacial score (nSPS) is 10.0. The van der Waals surface area contributed by atoms with Gasteiger partial charge in [0.05, 0.1) is 17.4 Å².